The molecule has 6 rings (SSSR count). The number of rotatable bonds is 8. The molecule has 3 nitrogen and oxygen atoms in total. The van der Waals surface area contributed by atoms with E-state index in [9.17, 15) is 0 Å². The van der Waals surface area contributed by atoms with Gasteiger partial charge in [-0.05, 0) is 104 Å². The highest BCUT2D eigenvalue weighted by Crippen LogP contribution is 2.61. The van der Waals surface area contributed by atoms with Crippen molar-refractivity contribution in [3.63, 3.8) is 0 Å². The lowest BCUT2D eigenvalue weighted by Gasteiger charge is -2.59. The molecule has 2 aromatic carbocycles. The van der Waals surface area contributed by atoms with Crippen LogP contribution in [0.5, 0.6) is 11.5 Å². The van der Waals surface area contributed by atoms with Gasteiger partial charge in [0.25, 0.3) is 0 Å². The first-order valence-electron chi connectivity index (χ1n) is 12.1. The Labute approximate surface area is 187 Å². The topological polar surface area (TPSA) is 30.5 Å². The Hall–Kier alpha value is -2.00. The smallest absolute Gasteiger partial charge is 0.161 e. The van der Waals surface area contributed by atoms with Gasteiger partial charge in [0.2, 0.25) is 0 Å². The van der Waals surface area contributed by atoms with Crippen molar-refractivity contribution in [2.45, 2.75) is 71.6 Å². The highest BCUT2D eigenvalue weighted by Gasteiger charge is 2.52. The van der Waals surface area contributed by atoms with E-state index in [-0.39, 0.29) is 0 Å². The van der Waals surface area contributed by atoms with E-state index in [2.05, 4.69) is 61.6 Å². The summed E-state index contributed by atoms with van der Waals surface area (Å²) in [5, 5.41) is 3.90. The van der Waals surface area contributed by atoms with Gasteiger partial charge >= 0.3 is 0 Å². The van der Waals surface area contributed by atoms with Crippen LogP contribution in [0, 0.1) is 30.1 Å². The molecule has 4 aliphatic carbocycles. The van der Waals surface area contributed by atoms with Crippen molar-refractivity contribution in [2.75, 3.05) is 7.11 Å². The molecular weight excluding hydrogens is 382 g/mol. The van der Waals surface area contributed by atoms with Crippen molar-refractivity contribution >= 4 is 0 Å². The van der Waals surface area contributed by atoms with Crippen LogP contribution in [0.25, 0.3) is 0 Å². The lowest BCUT2D eigenvalue weighted by Crippen LogP contribution is -2.54. The zero-order valence-corrected chi connectivity index (χ0v) is 19.3. The van der Waals surface area contributed by atoms with Crippen LogP contribution in [0.2, 0.25) is 0 Å². The molecule has 4 bridgehead atoms. The molecule has 4 saturated carbocycles. The van der Waals surface area contributed by atoms with Gasteiger partial charge in [-0.25, -0.2) is 0 Å². The molecule has 31 heavy (non-hydrogen) atoms. The molecule has 4 fully saturated rings. The number of nitrogens with one attached hydrogen (secondary N) is 1. The van der Waals surface area contributed by atoms with E-state index in [0.29, 0.717) is 18.1 Å². The van der Waals surface area contributed by atoms with Gasteiger partial charge in [0.05, 0.1) is 7.11 Å². The standard InChI is InChI=1S/C28H37NO2/c1-19-6-4-5-7-25(19)18-31-26-9-8-21(13-27(26)30-3)17-29-20(2)28-14-22-10-23(15-28)12-24(11-22)16-28/h4-9,13,20,22-24,29H,10-12,14-18H2,1-3H3/t20-,22?,23?,24?,28?/m0/s1. The molecule has 1 atom stereocenters. The maximum Gasteiger partial charge on any atom is 0.161 e. The van der Waals surface area contributed by atoms with E-state index in [1.807, 2.05) is 0 Å². The normalized spacial score (nSPS) is 29.7. The van der Waals surface area contributed by atoms with E-state index < -0.39 is 0 Å². The van der Waals surface area contributed by atoms with Crippen molar-refractivity contribution in [3.05, 3.63) is 59.2 Å². The van der Waals surface area contributed by atoms with Crippen molar-refractivity contribution < 1.29 is 9.47 Å². The Morgan fingerprint density at radius 3 is 2.29 bits per heavy atom. The third kappa shape index (κ3) is 4.22. The highest BCUT2D eigenvalue weighted by molar-refractivity contribution is 5.43. The lowest BCUT2D eigenvalue weighted by atomic mass is 9.48. The summed E-state index contributed by atoms with van der Waals surface area (Å²) < 4.78 is 11.8. The van der Waals surface area contributed by atoms with E-state index in [0.717, 1.165) is 35.8 Å². The molecule has 0 aromatic heterocycles. The average Bonchev–Trinajstić information content (AvgIpc) is 2.76. The minimum absolute atomic E-state index is 0.537. The first kappa shape index (κ1) is 20.9. The fourth-order valence-electron chi connectivity index (χ4n) is 7.06. The van der Waals surface area contributed by atoms with Gasteiger partial charge in [0.1, 0.15) is 6.61 Å². The lowest BCUT2D eigenvalue weighted by molar-refractivity contribution is -0.0706. The molecular formula is C28H37NO2. The third-order valence-corrected chi connectivity index (χ3v) is 8.49. The van der Waals surface area contributed by atoms with Crippen LogP contribution in [0.4, 0.5) is 0 Å². The second kappa shape index (κ2) is 8.50. The van der Waals surface area contributed by atoms with Gasteiger partial charge < -0.3 is 14.8 Å². The summed E-state index contributed by atoms with van der Waals surface area (Å²) in [7, 11) is 1.73. The molecule has 0 heterocycles. The molecule has 4 aliphatic rings. The summed E-state index contributed by atoms with van der Waals surface area (Å²) in [6.45, 7) is 6.00. The average molecular weight is 420 g/mol. The molecule has 1 N–H and O–H groups in total. The Bertz CT molecular complexity index is 886. The predicted octanol–water partition coefficient (Wildman–Crippen LogP) is 6.28. The maximum atomic E-state index is 6.09. The Morgan fingerprint density at radius 2 is 1.65 bits per heavy atom. The van der Waals surface area contributed by atoms with Crippen molar-refractivity contribution in [1.82, 2.24) is 5.32 Å². The monoisotopic (exact) mass is 419 g/mol. The van der Waals surface area contributed by atoms with Gasteiger partial charge in [-0.3, -0.25) is 0 Å². The summed E-state index contributed by atoms with van der Waals surface area (Å²) in [5.74, 6) is 4.62. The largest absolute Gasteiger partial charge is 0.493 e. The third-order valence-electron chi connectivity index (χ3n) is 8.49. The zero-order chi connectivity index (χ0) is 21.4. The quantitative estimate of drug-likeness (QED) is 0.546. The molecule has 0 aliphatic heterocycles. The fourth-order valence-corrected chi connectivity index (χ4v) is 7.06. The molecule has 0 unspecified atom stereocenters. The summed E-state index contributed by atoms with van der Waals surface area (Å²) in [6.07, 6.45) is 8.86. The van der Waals surface area contributed by atoms with Crippen LogP contribution in [0.3, 0.4) is 0 Å². The summed E-state index contributed by atoms with van der Waals surface area (Å²) in [5.41, 5.74) is 4.26. The van der Waals surface area contributed by atoms with Gasteiger partial charge in [-0.15, -0.1) is 0 Å². The van der Waals surface area contributed by atoms with Gasteiger partial charge in [0, 0.05) is 12.6 Å². The summed E-state index contributed by atoms with van der Waals surface area (Å²) >= 11 is 0. The van der Waals surface area contributed by atoms with Gasteiger partial charge in [0.15, 0.2) is 11.5 Å². The van der Waals surface area contributed by atoms with Crippen molar-refractivity contribution in [3.8, 4) is 11.5 Å². The summed E-state index contributed by atoms with van der Waals surface area (Å²) in [4.78, 5) is 0. The second-order valence-corrected chi connectivity index (χ2v) is 10.6. The molecule has 0 spiro atoms. The van der Waals surface area contributed by atoms with E-state index in [4.69, 9.17) is 9.47 Å². The number of hydrogen-bond acceptors (Lipinski definition) is 3. The van der Waals surface area contributed by atoms with E-state index in [1.54, 1.807) is 7.11 Å². The van der Waals surface area contributed by atoms with Crippen LogP contribution >= 0.6 is 0 Å². The molecule has 0 saturated heterocycles. The predicted molar refractivity (Wildman–Crippen MR) is 125 cm³/mol. The number of aryl methyl sites for hydroxylation is 1. The zero-order valence-electron chi connectivity index (χ0n) is 19.3. The Kier molecular flexibility index (Phi) is 5.73. The van der Waals surface area contributed by atoms with Crippen LogP contribution in [0.15, 0.2) is 42.5 Å². The van der Waals surface area contributed by atoms with Crippen LogP contribution in [0.1, 0.15) is 62.1 Å². The SMILES string of the molecule is COc1cc(CN[C@@H](C)C23CC4CC(CC(C4)C2)C3)ccc1OCc1ccccc1C. The molecule has 0 amide bonds. The molecule has 0 radical (unpaired) electrons. The first-order chi connectivity index (χ1) is 15.0. The first-order valence-corrected chi connectivity index (χ1v) is 12.1. The number of ether oxygens (including phenoxy) is 2. The number of benzene rings is 2. The van der Waals surface area contributed by atoms with Crippen molar-refractivity contribution in [2.24, 2.45) is 23.2 Å². The fraction of sp³-hybridized carbons (Fsp3) is 0.571. The molecule has 3 heteroatoms. The van der Waals surface area contributed by atoms with E-state index >= 15 is 0 Å². The second-order valence-electron chi connectivity index (χ2n) is 10.6. The van der Waals surface area contributed by atoms with Crippen LogP contribution in [-0.2, 0) is 13.2 Å². The number of hydrogen-bond donors (Lipinski definition) is 1. The summed E-state index contributed by atoms with van der Waals surface area (Å²) in [6, 6.07) is 15.3. The number of methoxy groups -OCH3 is 1. The van der Waals surface area contributed by atoms with Gasteiger partial charge in [-0.1, -0.05) is 30.3 Å². The highest BCUT2D eigenvalue weighted by atomic mass is 16.5. The van der Waals surface area contributed by atoms with Crippen LogP contribution < -0.4 is 14.8 Å². The Morgan fingerprint density at radius 1 is 0.968 bits per heavy atom. The molecule has 2 aromatic rings. The minimum Gasteiger partial charge on any atom is -0.493 e. The molecule has 166 valence electrons. The van der Waals surface area contributed by atoms with Gasteiger partial charge in [-0.2, -0.15) is 0 Å². The minimum atomic E-state index is 0.537. The van der Waals surface area contributed by atoms with E-state index in [1.165, 1.54) is 55.2 Å². The maximum absolute atomic E-state index is 6.09. The van der Waals surface area contributed by atoms with Crippen molar-refractivity contribution in [1.29, 1.82) is 0 Å². The Balaban J connectivity index is 1.21. The van der Waals surface area contributed by atoms with Crippen LogP contribution in [-0.4, -0.2) is 13.2 Å².